The summed E-state index contributed by atoms with van der Waals surface area (Å²) in [5.41, 5.74) is 0.594. The van der Waals surface area contributed by atoms with E-state index in [4.69, 9.17) is 0 Å². The molecule has 1 aliphatic carbocycles. The second-order valence-corrected chi connectivity index (χ2v) is 6.23. The first kappa shape index (κ1) is 14.5. The summed E-state index contributed by atoms with van der Waals surface area (Å²) in [4.78, 5) is 14.6. The molecule has 0 N–H and O–H groups in total. The molecule has 3 rings (SSSR count). The number of carbonyl (C=O) groups is 1. The minimum atomic E-state index is -0.569. The summed E-state index contributed by atoms with van der Waals surface area (Å²) in [7, 11) is 0. The number of carbonyl (C=O) groups excluding carboxylic acids is 1. The topological polar surface area (TPSA) is 20.3 Å². The lowest BCUT2D eigenvalue weighted by Gasteiger charge is -2.36. The van der Waals surface area contributed by atoms with Gasteiger partial charge >= 0.3 is 0 Å². The van der Waals surface area contributed by atoms with Gasteiger partial charge in [0.2, 0.25) is 5.91 Å². The van der Waals surface area contributed by atoms with E-state index in [1.54, 1.807) is 0 Å². The minimum Gasteiger partial charge on any atom is -0.332 e. The second kappa shape index (κ2) is 5.74. The summed E-state index contributed by atoms with van der Waals surface area (Å²) in [5.74, 6) is -0.833. The summed E-state index contributed by atoms with van der Waals surface area (Å²) in [6.45, 7) is 2.07. The van der Waals surface area contributed by atoms with Crippen LogP contribution in [0.15, 0.2) is 18.2 Å². The molecule has 1 saturated carbocycles. The molecule has 2 aliphatic rings. The molecule has 0 bridgehead atoms. The molecule has 1 amide bonds. The van der Waals surface area contributed by atoms with E-state index in [1.807, 2.05) is 4.90 Å². The molecule has 2 fully saturated rings. The second-order valence-electron chi connectivity index (χ2n) is 6.23. The molecule has 1 aliphatic heterocycles. The monoisotopic (exact) mass is 293 g/mol. The third-order valence-corrected chi connectivity index (χ3v) is 4.95. The summed E-state index contributed by atoms with van der Waals surface area (Å²) in [5, 5.41) is 0. The molecule has 1 aromatic carbocycles. The Bertz CT molecular complexity index is 521. The van der Waals surface area contributed by atoms with Crippen molar-refractivity contribution >= 4 is 5.91 Å². The first-order chi connectivity index (χ1) is 10.1. The quantitative estimate of drug-likeness (QED) is 0.817. The maximum atomic E-state index is 13.5. The fraction of sp³-hybridized carbons (Fsp3) is 0.588. The number of halogens is 2. The minimum absolute atomic E-state index is 0.123. The predicted octanol–water partition coefficient (Wildman–Crippen LogP) is 4.21. The Morgan fingerprint density at radius 2 is 1.81 bits per heavy atom. The van der Waals surface area contributed by atoms with Crippen LogP contribution in [0.25, 0.3) is 0 Å². The van der Waals surface area contributed by atoms with Crippen LogP contribution >= 0.6 is 0 Å². The van der Waals surface area contributed by atoms with Crippen molar-refractivity contribution in [1.29, 1.82) is 0 Å². The lowest BCUT2D eigenvalue weighted by Crippen LogP contribution is -2.42. The lowest BCUT2D eigenvalue weighted by molar-refractivity contribution is -0.141. The molecule has 2 unspecified atom stereocenters. The fourth-order valence-corrected chi connectivity index (χ4v) is 3.58. The standard InChI is InChI=1S/C17H21F2NO/c1-2-15-6-7-16(12-8-13(18)10-14(19)9-12)20(15)17(21)11-4-3-5-11/h8-11,15-16H,2-7H2,1H3. The van der Waals surface area contributed by atoms with Crippen LogP contribution in [-0.2, 0) is 4.79 Å². The van der Waals surface area contributed by atoms with Crippen LogP contribution in [-0.4, -0.2) is 16.8 Å². The highest BCUT2D eigenvalue weighted by Gasteiger charge is 2.41. The van der Waals surface area contributed by atoms with Crippen LogP contribution in [0.4, 0.5) is 8.78 Å². The molecule has 0 aromatic heterocycles. The van der Waals surface area contributed by atoms with E-state index in [0.29, 0.717) is 5.56 Å². The number of benzene rings is 1. The van der Waals surface area contributed by atoms with Crippen molar-refractivity contribution in [1.82, 2.24) is 4.90 Å². The van der Waals surface area contributed by atoms with Gasteiger partial charge in [-0.05, 0) is 49.8 Å². The first-order valence-corrected chi connectivity index (χ1v) is 7.88. The fourth-order valence-electron chi connectivity index (χ4n) is 3.58. The van der Waals surface area contributed by atoms with Crippen molar-refractivity contribution in [2.75, 3.05) is 0 Å². The molecular formula is C17H21F2NO. The summed E-state index contributed by atoms with van der Waals surface area (Å²) < 4.78 is 27.0. The lowest BCUT2D eigenvalue weighted by atomic mass is 9.83. The maximum absolute atomic E-state index is 13.5. The summed E-state index contributed by atoms with van der Waals surface area (Å²) >= 11 is 0. The molecule has 2 nitrogen and oxygen atoms in total. The van der Waals surface area contributed by atoms with Gasteiger partial charge in [-0.3, -0.25) is 4.79 Å². The highest BCUT2D eigenvalue weighted by atomic mass is 19.1. The average molecular weight is 293 g/mol. The van der Waals surface area contributed by atoms with E-state index >= 15 is 0 Å². The smallest absolute Gasteiger partial charge is 0.226 e. The van der Waals surface area contributed by atoms with Gasteiger partial charge in [0.15, 0.2) is 0 Å². The van der Waals surface area contributed by atoms with Gasteiger partial charge in [0, 0.05) is 18.0 Å². The molecule has 114 valence electrons. The van der Waals surface area contributed by atoms with Crippen molar-refractivity contribution in [2.45, 2.75) is 57.5 Å². The SMILES string of the molecule is CCC1CCC(c2cc(F)cc(F)c2)N1C(=O)C1CCC1. The van der Waals surface area contributed by atoms with Gasteiger partial charge in [0.25, 0.3) is 0 Å². The normalized spacial score (nSPS) is 26.0. The number of hydrogen-bond acceptors (Lipinski definition) is 1. The van der Waals surface area contributed by atoms with E-state index in [9.17, 15) is 13.6 Å². The highest BCUT2D eigenvalue weighted by Crippen LogP contribution is 2.41. The van der Waals surface area contributed by atoms with Gasteiger partial charge in [-0.15, -0.1) is 0 Å². The highest BCUT2D eigenvalue weighted by molar-refractivity contribution is 5.80. The van der Waals surface area contributed by atoms with E-state index in [2.05, 4.69) is 6.92 Å². The van der Waals surface area contributed by atoms with Gasteiger partial charge < -0.3 is 4.90 Å². The van der Waals surface area contributed by atoms with Gasteiger partial charge in [0.05, 0.1) is 6.04 Å². The number of amides is 1. The van der Waals surface area contributed by atoms with E-state index in [-0.39, 0.29) is 23.9 Å². The number of hydrogen-bond donors (Lipinski definition) is 0. The number of likely N-dealkylation sites (tertiary alicyclic amines) is 1. The van der Waals surface area contributed by atoms with Crippen LogP contribution in [0, 0.1) is 17.6 Å². The van der Waals surface area contributed by atoms with E-state index < -0.39 is 11.6 Å². The van der Waals surface area contributed by atoms with Gasteiger partial charge in [-0.25, -0.2) is 8.78 Å². The average Bonchev–Trinajstić information content (AvgIpc) is 2.78. The van der Waals surface area contributed by atoms with Crippen molar-refractivity contribution < 1.29 is 13.6 Å². The zero-order valence-electron chi connectivity index (χ0n) is 12.3. The summed E-state index contributed by atoms with van der Waals surface area (Å²) in [6.07, 6.45) is 5.62. The van der Waals surface area contributed by atoms with Crippen molar-refractivity contribution in [3.05, 3.63) is 35.4 Å². The number of nitrogens with zero attached hydrogens (tertiary/aromatic N) is 1. The molecule has 2 atom stereocenters. The zero-order chi connectivity index (χ0) is 15.0. The third-order valence-electron chi connectivity index (χ3n) is 4.95. The largest absolute Gasteiger partial charge is 0.332 e. The molecule has 1 aromatic rings. The van der Waals surface area contributed by atoms with Crippen molar-refractivity contribution in [2.24, 2.45) is 5.92 Å². The van der Waals surface area contributed by atoms with Crippen molar-refractivity contribution in [3.8, 4) is 0 Å². The maximum Gasteiger partial charge on any atom is 0.226 e. The van der Waals surface area contributed by atoms with Gasteiger partial charge in [-0.1, -0.05) is 13.3 Å². The molecule has 0 radical (unpaired) electrons. The van der Waals surface area contributed by atoms with Gasteiger partial charge in [0.1, 0.15) is 11.6 Å². The van der Waals surface area contributed by atoms with Crippen LogP contribution in [0.5, 0.6) is 0 Å². The Labute approximate surface area is 124 Å². The molecular weight excluding hydrogens is 272 g/mol. The van der Waals surface area contributed by atoms with Crippen LogP contribution in [0.1, 0.15) is 57.1 Å². The summed E-state index contributed by atoms with van der Waals surface area (Å²) in [6, 6.07) is 3.65. The molecule has 1 saturated heterocycles. The van der Waals surface area contributed by atoms with Crippen LogP contribution < -0.4 is 0 Å². The molecule has 21 heavy (non-hydrogen) atoms. The Balaban J connectivity index is 1.90. The Morgan fingerprint density at radius 1 is 1.14 bits per heavy atom. The zero-order valence-corrected chi connectivity index (χ0v) is 12.3. The molecule has 0 spiro atoms. The number of rotatable bonds is 3. The molecule has 1 heterocycles. The van der Waals surface area contributed by atoms with Gasteiger partial charge in [-0.2, -0.15) is 0 Å². The first-order valence-electron chi connectivity index (χ1n) is 7.88. The Kier molecular flexibility index (Phi) is 3.96. The van der Waals surface area contributed by atoms with E-state index in [0.717, 1.165) is 44.6 Å². The van der Waals surface area contributed by atoms with E-state index in [1.165, 1.54) is 12.1 Å². The molecule has 4 heteroatoms. The Hall–Kier alpha value is -1.45. The third kappa shape index (κ3) is 2.68. The predicted molar refractivity (Wildman–Crippen MR) is 76.6 cm³/mol. The Morgan fingerprint density at radius 3 is 2.33 bits per heavy atom. The van der Waals surface area contributed by atoms with Crippen molar-refractivity contribution in [3.63, 3.8) is 0 Å². The van der Waals surface area contributed by atoms with Crippen LogP contribution in [0.3, 0.4) is 0 Å². The van der Waals surface area contributed by atoms with Crippen LogP contribution in [0.2, 0.25) is 0 Å².